The molecule has 0 aliphatic rings. The molecule has 0 saturated heterocycles. The number of Topliss-reactive ketones (excluding diaryl/α,β-unsaturated/α-hetero) is 1. The van der Waals surface area contributed by atoms with Crippen LogP contribution in [0, 0.1) is 5.41 Å². The summed E-state index contributed by atoms with van der Waals surface area (Å²) in [5, 5.41) is 4.05. The molecule has 0 saturated carbocycles. The number of benzene rings is 1. The highest BCUT2D eigenvalue weighted by molar-refractivity contribution is 8.00. The third-order valence-electron chi connectivity index (χ3n) is 3.60. The molecule has 0 spiro atoms. The molecule has 0 unspecified atom stereocenters. The van der Waals surface area contributed by atoms with Crippen LogP contribution in [0.3, 0.4) is 0 Å². The maximum absolute atomic E-state index is 12.2. The summed E-state index contributed by atoms with van der Waals surface area (Å²) in [5.41, 5.74) is 1.96. The van der Waals surface area contributed by atoms with Crippen LogP contribution in [0.2, 0.25) is 0 Å². The first-order valence-corrected chi connectivity index (χ1v) is 9.27. The fourth-order valence-electron chi connectivity index (χ4n) is 2.14. The fraction of sp³-hybridized carbons (Fsp3) is 0.278. The number of carbonyl (C=O) groups excluding carboxylic acids is 1. The summed E-state index contributed by atoms with van der Waals surface area (Å²) in [6.45, 7) is 5.85. The highest BCUT2D eigenvalue weighted by Gasteiger charge is 2.22. The topological polar surface area (TPSA) is 42.9 Å². The number of ketones is 1. The molecule has 0 radical (unpaired) electrons. The van der Waals surface area contributed by atoms with E-state index in [1.165, 1.54) is 11.8 Å². The third-order valence-corrected chi connectivity index (χ3v) is 5.47. The van der Waals surface area contributed by atoms with Gasteiger partial charge in [0.05, 0.1) is 11.1 Å². The standard InChI is InChI=1S/C18H18N2OS2/c1-18(2,3)14(21)10-23-17-15-13(12-7-5-4-6-8-12)9-22-16(15)19-11-20-17/h4-9,11H,10H2,1-3H3. The smallest absolute Gasteiger partial charge is 0.148 e. The largest absolute Gasteiger partial charge is 0.298 e. The molecule has 3 rings (SSSR count). The van der Waals surface area contributed by atoms with Gasteiger partial charge in [-0.1, -0.05) is 62.9 Å². The van der Waals surface area contributed by atoms with Gasteiger partial charge in [0.15, 0.2) is 0 Å². The highest BCUT2D eigenvalue weighted by Crippen LogP contribution is 2.38. The number of carbonyl (C=O) groups is 1. The molecule has 0 bridgehead atoms. The average molecular weight is 342 g/mol. The molecule has 0 aliphatic carbocycles. The minimum absolute atomic E-state index is 0.228. The van der Waals surface area contributed by atoms with E-state index in [4.69, 9.17) is 0 Å². The van der Waals surface area contributed by atoms with Crippen molar-refractivity contribution >= 4 is 39.1 Å². The van der Waals surface area contributed by atoms with Crippen LogP contribution < -0.4 is 0 Å². The summed E-state index contributed by atoms with van der Waals surface area (Å²) in [7, 11) is 0. The SMILES string of the molecule is CC(C)(C)C(=O)CSc1ncnc2scc(-c3ccccc3)c12. The van der Waals surface area contributed by atoms with Crippen LogP contribution in [0.1, 0.15) is 20.8 Å². The lowest BCUT2D eigenvalue weighted by molar-refractivity contribution is -0.123. The van der Waals surface area contributed by atoms with Gasteiger partial charge in [0.2, 0.25) is 0 Å². The van der Waals surface area contributed by atoms with E-state index < -0.39 is 0 Å². The second kappa shape index (κ2) is 6.42. The molecule has 0 aliphatic heterocycles. The van der Waals surface area contributed by atoms with E-state index >= 15 is 0 Å². The Labute approximate surface area is 144 Å². The van der Waals surface area contributed by atoms with E-state index in [-0.39, 0.29) is 11.2 Å². The molecule has 5 heteroatoms. The Morgan fingerprint density at radius 3 is 2.61 bits per heavy atom. The molecule has 23 heavy (non-hydrogen) atoms. The molecule has 2 aromatic heterocycles. The first-order chi connectivity index (χ1) is 11.0. The summed E-state index contributed by atoms with van der Waals surface area (Å²) >= 11 is 3.12. The van der Waals surface area contributed by atoms with E-state index in [1.807, 2.05) is 39.0 Å². The van der Waals surface area contributed by atoms with Crippen molar-refractivity contribution in [2.45, 2.75) is 25.8 Å². The first-order valence-electron chi connectivity index (χ1n) is 7.40. The van der Waals surface area contributed by atoms with E-state index in [0.29, 0.717) is 5.75 Å². The lowest BCUT2D eigenvalue weighted by atomic mass is 9.92. The van der Waals surface area contributed by atoms with Gasteiger partial charge < -0.3 is 0 Å². The third kappa shape index (κ3) is 3.46. The number of hydrogen-bond donors (Lipinski definition) is 0. The van der Waals surface area contributed by atoms with Crippen LogP contribution in [0.4, 0.5) is 0 Å². The van der Waals surface area contributed by atoms with Gasteiger partial charge in [0.25, 0.3) is 0 Å². The molecule has 2 heterocycles. The van der Waals surface area contributed by atoms with Crippen molar-refractivity contribution in [3.8, 4) is 11.1 Å². The van der Waals surface area contributed by atoms with Gasteiger partial charge >= 0.3 is 0 Å². The minimum atomic E-state index is -0.323. The molecule has 0 amide bonds. The summed E-state index contributed by atoms with van der Waals surface area (Å²) in [5.74, 6) is 0.658. The highest BCUT2D eigenvalue weighted by atomic mass is 32.2. The summed E-state index contributed by atoms with van der Waals surface area (Å²) < 4.78 is 0. The summed E-state index contributed by atoms with van der Waals surface area (Å²) in [6, 6.07) is 10.2. The first kappa shape index (κ1) is 16.1. The van der Waals surface area contributed by atoms with Gasteiger partial charge in [0.1, 0.15) is 22.0 Å². The van der Waals surface area contributed by atoms with Crippen LogP contribution >= 0.6 is 23.1 Å². The van der Waals surface area contributed by atoms with Gasteiger partial charge in [-0.05, 0) is 5.56 Å². The Morgan fingerprint density at radius 2 is 1.91 bits per heavy atom. The molecular formula is C18H18N2OS2. The number of aromatic nitrogens is 2. The predicted octanol–water partition coefficient (Wildman–Crippen LogP) is 5.07. The van der Waals surface area contributed by atoms with Crippen LogP contribution in [0.25, 0.3) is 21.3 Å². The minimum Gasteiger partial charge on any atom is -0.298 e. The molecule has 0 fully saturated rings. The van der Waals surface area contributed by atoms with Crippen LogP contribution in [0.5, 0.6) is 0 Å². The van der Waals surface area contributed by atoms with Gasteiger partial charge in [-0.15, -0.1) is 11.3 Å². The van der Waals surface area contributed by atoms with Gasteiger partial charge in [0, 0.05) is 16.4 Å². The maximum atomic E-state index is 12.2. The van der Waals surface area contributed by atoms with Crippen molar-refractivity contribution in [1.82, 2.24) is 9.97 Å². The van der Waals surface area contributed by atoms with Gasteiger partial charge in [-0.3, -0.25) is 4.79 Å². The second-order valence-electron chi connectivity index (χ2n) is 6.34. The Kier molecular flexibility index (Phi) is 4.50. The Morgan fingerprint density at radius 1 is 1.17 bits per heavy atom. The number of thiophene rings is 1. The number of nitrogens with zero attached hydrogens (tertiary/aromatic N) is 2. The molecular weight excluding hydrogens is 324 g/mol. The average Bonchev–Trinajstić information content (AvgIpc) is 2.97. The predicted molar refractivity (Wildman–Crippen MR) is 98.0 cm³/mol. The zero-order valence-electron chi connectivity index (χ0n) is 13.4. The van der Waals surface area contributed by atoms with Crippen molar-refractivity contribution < 1.29 is 4.79 Å². The summed E-state index contributed by atoms with van der Waals surface area (Å²) in [6.07, 6.45) is 1.58. The van der Waals surface area contributed by atoms with E-state index in [2.05, 4.69) is 27.5 Å². The number of hydrogen-bond acceptors (Lipinski definition) is 5. The van der Waals surface area contributed by atoms with Crippen molar-refractivity contribution in [3.63, 3.8) is 0 Å². The van der Waals surface area contributed by atoms with Crippen molar-refractivity contribution in [1.29, 1.82) is 0 Å². The zero-order chi connectivity index (χ0) is 16.4. The van der Waals surface area contributed by atoms with Crippen LogP contribution in [0.15, 0.2) is 47.1 Å². The molecule has 3 aromatic rings. The summed E-state index contributed by atoms with van der Waals surface area (Å²) in [4.78, 5) is 22.0. The fourth-order valence-corrected chi connectivity index (χ4v) is 4.29. The molecule has 1 aromatic carbocycles. The van der Waals surface area contributed by atoms with Crippen molar-refractivity contribution in [3.05, 3.63) is 42.0 Å². The Bertz CT molecular complexity index is 835. The van der Waals surface area contributed by atoms with E-state index in [1.54, 1.807) is 17.7 Å². The van der Waals surface area contributed by atoms with Crippen molar-refractivity contribution in [2.75, 3.05) is 5.75 Å². The van der Waals surface area contributed by atoms with Crippen molar-refractivity contribution in [2.24, 2.45) is 5.41 Å². The van der Waals surface area contributed by atoms with Crippen LogP contribution in [-0.2, 0) is 4.79 Å². The molecule has 0 N–H and O–H groups in total. The number of rotatable bonds is 4. The quantitative estimate of drug-likeness (QED) is 0.491. The molecule has 0 atom stereocenters. The van der Waals surface area contributed by atoms with Gasteiger partial charge in [-0.2, -0.15) is 0 Å². The lowest BCUT2D eigenvalue weighted by Gasteiger charge is -2.15. The Balaban J connectivity index is 1.98. The lowest BCUT2D eigenvalue weighted by Crippen LogP contribution is -2.22. The van der Waals surface area contributed by atoms with E-state index in [0.717, 1.165) is 26.4 Å². The van der Waals surface area contributed by atoms with Gasteiger partial charge in [-0.25, -0.2) is 9.97 Å². The number of fused-ring (bicyclic) bond motifs is 1. The maximum Gasteiger partial charge on any atom is 0.148 e. The van der Waals surface area contributed by atoms with Crippen LogP contribution in [-0.4, -0.2) is 21.5 Å². The zero-order valence-corrected chi connectivity index (χ0v) is 15.0. The van der Waals surface area contributed by atoms with E-state index in [9.17, 15) is 4.79 Å². The normalized spacial score (nSPS) is 11.8. The number of thioether (sulfide) groups is 1. The second-order valence-corrected chi connectivity index (χ2v) is 8.16. The monoisotopic (exact) mass is 342 g/mol. The Hall–Kier alpha value is -1.72. The molecule has 118 valence electrons. The molecule has 3 nitrogen and oxygen atoms in total.